The summed E-state index contributed by atoms with van der Waals surface area (Å²) < 4.78 is 5.60. The van der Waals surface area contributed by atoms with Gasteiger partial charge in [0.05, 0.1) is 18.2 Å². The summed E-state index contributed by atoms with van der Waals surface area (Å²) in [6.07, 6.45) is 0.737. The summed E-state index contributed by atoms with van der Waals surface area (Å²) in [5.74, 6) is -0.748. The summed E-state index contributed by atoms with van der Waals surface area (Å²) in [5, 5.41) is 11.5. The van der Waals surface area contributed by atoms with Crippen molar-refractivity contribution in [2.24, 2.45) is 0 Å². The van der Waals surface area contributed by atoms with E-state index in [1.165, 1.54) is 4.90 Å². The Morgan fingerprint density at radius 1 is 0.973 bits per heavy atom. The number of ether oxygens (including phenoxy) is 1. The third kappa shape index (κ3) is 4.37. The second-order valence-electron chi connectivity index (χ2n) is 10.9. The molecule has 3 aromatic rings. The van der Waals surface area contributed by atoms with E-state index >= 15 is 0 Å². The molecule has 1 saturated heterocycles. The van der Waals surface area contributed by atoms with Crippen LogP contribution in [0.1, 0.15) is 49.1 Å². The number of Topliss-reactive ketones (excluding diaryl/α,β-unsaturated/α-hetero) is 1. The maximum atomic E-state index is 13.5. The average Bonchev–Trinajstić information content (AvgIpc) is 3.45. The van der Waals surface area contributed by atoms with Gasteiger partial charge >= 0.3 is 0 Å². The average molecular weight is 497 g/mol. The number of anilines is 2. The van der Waals surface area contributed by atoms with Gasteiger partial charge in [-0.25, -0.2) is 0 Å². The number of amides is 1. The lowest BCUT2D eigenvalue weighted by Crippen LogP contribution is -2.29. The SMILES string of the molecule is CN(C)c1ccc(N2C(=O)C(=O)/C(=C(\O)c3ccc4c(c3)CCO4)C2c2ccc(C(C)(C)C)cc2)cc1. The van der Waals surface area contributed by atoms with Gasteiger partial charge in [-0.2, -0.15) is 0 Å². The van der Waals surface area contributed by atoms with Crippen molar-refractivity contribution < 1.29 is 19.4 Å². The van der Waals surface area contributed by atoms with Gasteiger partial charge in [-0.05, 0) is 64.6 Å². The van der Waals surface area contributed by atoms with Gasteiger partial charge in [-0.3, -0.25) is 14.5 Å². The zero-order chi connectivity index (χ0) is 26.5. The Hall–Kier alpha value is -4.06. The molecule has 1 amide bonds. The molecule has 2 aliphatic heterocycles. The Bertz CT molecular complexity index is 1400. The Kier molecular flexibility index (Phi) is 6.06. The molecule has 5 rings (SSSR count). The molecule has 2 heterocycles. The lowest BCUT2D eigenvalue weighted by Gasteiger charge is -2.27. The molecule has 0 bridgehead atoms. The zero-order valence-corrected chi connectivity index (χ0v) is 21.9. The summed E-state index contributed by atoms with van der Waals surface area (Å²) >= 11 is 0. The minimum Gasteiger partial charge on any atom is -0.507 e. The predicted molar refractivity (Wildman–Crippen MR) is 146 cm³/mol. The number of hydrogen-bond acceptors (Lipinski definition) is 5. The summed E-state index contributed by atoms with van der Waals surface area (Å²) in [4.78, 5) is 30.4. The largest absolute Gasteiger partial charge is 0.507 e. The third-order valence-electron chi connectivity index (χ3n) is 7.14. The number of ketones is 1. The van der Waals surface area contributed by atoms with Gasteiger partial charge in [0.2, 0.25) is 0 Å². The van der Waals surface area contributed by atoms with E-state index in [1.54, 1.807) is 12.1 Å². The van der Waals surface area contributed by atoms with Crippen molar-refractivity contribution >= 4 is 28.8 Å². The first kappa shape index (κ1) is 24.6. The van der Waals surface area contributed by atoms with Crippen LogP contribution in [0.25, 0.3) is 5.76 Å². The molecule has 0 aromatic heterocycles. The number of rotatable bonds is 4. The van der Waals surface area contributed by atoms with Crippen molar-refractivity contribution in [3.05, 3.63) is 94.6 Å². The van der Waals surface area contributed by atoms with Crippen LogP contribution in [0.15, 0.2) is 72.3 Å². The highest BCUT2D eigenvalue weighted by atomic mass is 16.5. The second kappa shape index (κ2) is 9.11. The van der Waals surface area contributed by atoms with Crippen LogP contribution in [-0.2, 0) is 21.4 Å². The first-order valence-electron chi connectivity index (χ1n) is 12.5. The van der Waals surface area contributed by atoms with E-state index in [9.17, 15) is 14.7 Å². The molecule has 0 spiro atoms. The van der Waals surface area contributed by atoms with Crippen LogP contribution in [0.3, 0.4) is 0 Å². The van der Waals surface area contributed by atoms with Crippen LogP contribution in [0, 0.1) is 0 Å². The molecular formula is C31H32N2O4. The number of aliphatic hydroxyl groups is 1. The quantitative estimate of drug-likeness (QED) is 0.289. The molecule has 190 valence electrons. The first-order chi connectivity index (χ1) is 17.6. The summed E-state index contributed by atoms with van der Waals surface area (Å²) in [7, 11) is 3.89. The first-order valence-corrected chi connectivity index (χ1v) is 12.5. The lowest BCUT2D eigenvalue weighted by molar-refractivity contribution is -0.132. The van der Waals surface area contributed by atoms with E-state index in [1.807, 2.05) is 73.6 Å². The van der Waals surface area contributed by atoms with Gasteiger partial charge in [0, 0.05) is 37.5 Å². The molecule has 0 aliphatic carbocycles. The van der Waals surface area contributed by atoms with Gasteiger partial charge in [0.25, 0.3) is 11.7 Å². The van der Waals surface area contributed by atoms with Gasteiger partial charge in [0.1, 0.15) is 11.5 Å². The Labute approximate surface area is 217 Å². The Morgan fingerprint density at radius 2 is 1.65 bits per heavy atom. The molecule has 2 aliphatic rings. The number of carbonyl (C=O) groups excluding carboxylic acids is 2. The molecule has 1 unspecified atom stereocenters. The van der Waals surface area contributed by atoms with Crippen LogP contribution in [0.2, 0.25) is 0 Å². The second-order valence-corrected chi connectivity index (χ2v) is 10.9. The standard InChI is InChI=1S/C31H32N2O4/c1-31(2,3)22-9-6-19(7-10-22)27-26(28(34)21-8-15-25-20(18-21)16-17-37-25)29(35)30(36)33(27)24-13-11-23(12-14-24)32(4)5/h6-15,18,27,34H,16-17H2,1-5H3/b28-26-. The van der Waals surface area contributed by atoms with Gasteiger partial charge in [-0.15, -0.1) is 0 Å². The topological polar surface area (TPSA) is 70.1 Å². The number of fused-ring (bicyclic) bond motifs is 1. The highest BCUT2D eigenvalue weighted by molar-refractivity contribution is 6.51. The van der Waals surface area contributed by atoms with Crippen LogP contribution in [-0.4, -0.2) is 37.5 Å². The molecule has 0 radical (unpaired) electrons. The summed E-state index contributed by atoms with van der Waals surface area (Å²) in [5.41, 5.74) is 4.99. The monoisotopic (exact) mass is 496 g/mol. The number of hydrogen-bond donors (Lipinski definition) is 1. The predicted octanol–water partition coefficient (Wildman–Crippen LogP) is 5.61. The van der Waals surface area contributed by atoms with Gasteiger partial charge < -0.3 is 14.7 Å². The Morgan fingerprint density at radius 3 is 2.27 bits per heavy atom. The highest BCUT2D eigenvalue weighted by Crippen LogP contribution is 2.43. The van der Waals surface area contributed by atoms with E-state index in [-0.39, 0.29) is 16.7 Å². The zero-order valence-electron chi connectivity index (χ0n) is 21.9. The molecule has 1 N–H and O–H groups in total. The van der Waals surface area contributed by atoms with E-state index in [4.69, 9.17) is 4.74 Å². The third-order valence-corrected chi connectivity index (χ3v) is 7.14. The minimum atomic E-state index is -0.760. The fourth-order valence-corrected chi connectivity index (χ4v) is 4.98. The van der Waals surface area contributed by atoms with Crippen LogP contribution >= 0.6 is 0 Å². The van der Waals surface area contributed by atoms with Crippen molar-refractivity contribution in [1.29, 1.82) is 0 Å². The van der Waals surface area contributed by atoms with Gasteiger partial charge in [0.15, 0.2) is 0 Å². The molecule has 37 heavy (non-hydrogen) atoms. The molecular weight excluding hydrogens is 464 g/mol. The molecule has 3 aromatic carbocycles. The molecule has 1 atom stereocenters. The number of nitrogens with zero attached hydrogens (tertiary/aromatic N) is 2. The van der Waals surface area contributed by atoms with Crippen molar-refractivity contribution in [2.75, 3.05) is 30.5 Å². The van der Waals surface area contributed by atoms with E-state index in [0.717, 1.165) is 34.5 Å². The summed E-state index contributed by atoms with van der Waals surface area (Å²) in [6, 6.07) is 20.1. The van der Waals surface area contributed by atoms with E-state index < -0.39 is 17.7 Å². The van der Waals surface area contributed by atoms with Gasteiger partial charge in [-0.1, -0.05) is 45.0 Å². The van der Waals surface area contributed by atoms with E-state index in [0.29, 0.717) is 17.9 Å². The number of carbonyl (C=O) groups is 2. The van der Waals surface area contributed by atoms with Crippen molar-refractivity contribution in [2.45, 2.75) is 38.6 Å². The van der Waals surface area contributed by atoms with Crippen molar-refractivity contribution in [1.82, 2.24) is 0 Å². The number of benzene rings is 3. The van der Waals surface area contributed by atoms with E-state index in [2.05, 4.69) is 20.8 Å². The summed E-state index contributed by atoms with van der Waals surface area (Å²) in [6.45, 7) is 7.00. The molecule has 6 heteroatoms. The molecule has 1 fully saturated rings. The Balaban J connectivity index is 1.67. The lowest BCUT2D eigenvalue weighted by atomic mass is 9.85. The van der Waals surface area contributed by atoms with Crippen molar-refractivity contribution in [3.63, 3.8) is 0 Å². The fraction of sp³-hybridized carbons (Fsp3) is 0.290. The van der Waals surface area contributed by atoms with Crippen LogP contribution in [0.5, 0.6) is 5.75 Å². The van der Waals surface area contributed by atoms with Crippen LogP contribution < -0.4 is 14.5 Å². The number of aliphatic hydroxyl groups excluding tert-OH is 1. The molecule has 0 saturated carbocycles. The maximum absolute atomic E-state index is 13.5. The smallest absolute Gasteiger partial charge is 0.300 e. The molecule has 6 nitrogen and oxygen atoms in total. The minimum absolute atomic E-state index is 0.0468. The van der Waals surface area contributed by atoms with Crippen LogP contribution in [0.4, 0.5) is 11.4 Å². The van der Waals surface area contributed by atoms with Crippen molar-refractivity contribution in [3.8, 4) is 5.75 Å². The maximum Gasteiger partial charge on any atom is 0.300 e. The normalized spacial score (nSPS) is 18.6. The highest BCUT2D eigenvalue weighted by Gasteiger charge is 2.47. The fourth-order valence-electron chi connectivity index (χ4n) is 4.98.